The molecule has 1 saturated heterocycles. The lowest BCUT2D eigenvalue weighted by Gasteiger charge is -2.35. The number of alkyl halides is 3. The van der Waals surface area contributed by atoms with Crippen LogP contribution in [0.1, 0.15) is 17.3 Å². The number of aromatic nitrogens is 1. The van der Waals surface area contributed by atoms with E-state index >= 15 is 0 Å². The third-order valence-electron chi connectivity index (χ3n) is 4.39. The molecule has 6 nitrogen and oxygen atoms in total. The van der Waals surface area contributed by atoms with E-state index in [9.17, 15) is 22.8 Å². The Balaban J connectivity index is 1.78. The van der Waals surface area contributed by atoms with Gasteiger partial charge in [-0.3, -0.25) is 9.59 Å². The summed E-state index contributed by atoms with van der Waals surface area (Å²) in [6.45, 7) is 2.68. The van der Waals surface area contributed by atoms with Gasteiger partial charge in [0.05, 0.1) is 5.56 Å². The molecule has 2 aromatic rings. The molecule has 2 aromatic heterocycles. The second kappa shape index (κ2) is 6.89. The number of fused-ring (bicyclic) bond motifs is 1. The Kier molecular flexibility index (Phi) is 4.80. The van der Waals surface area contributed by atoms with Gasteiger partial charge in [0.2, 0.25) is 5.91 Å². The highest BCUT2D eigenvalue weighted by molar-refractivity contribution is 5.94. The molecule has 3 heterocycles. The van der Waals surface area contributed by atoms with Crippen LogP contribution in [-0.2, 0) is 4.79 Å². The van der Waals surface area contributed by atoms with E-state index in [1.54, 1.807) is 15.4 Å². The lowest BCUT2D eigenvalue weighted by Crippen LogP contribution is -2.48. The topological polar surface area (TPSA) is 57.1 Å². The normalized spacial score (nSPS) is 15.4. The zero-order valence-electron chi connectivity index (χ0n) is 14.2. The zero-order valence-corrected chi connectivity index (χ0v) is 14.2. The summed E-state index contributed by atoms with van der Waals surface area (Å²) in [5, 5.41) is 1.88. The van der Waals surface area contributed by atoms with Gasteiger partial charge in [0.1, 0.15) is 12.4 Å². The van der Waals surface area contributed by atoms with E-state index in [-0.39, 0.29) is 11.5 Å². The van der Waals surface area contributed by atoms with Crippen LogP contribution in [0.2, 0.25) is 0 Å². The van der Waals surface area contributed by atoms with Crippen molar-refractivity contribution in [1.29, 1.82) is 0 Å². The Morgan fingerprint density at radius 1 is 1.08 bits per heavy atom. The van der Waals surface area contributed by atoms with Gasteiger partial charge in [0.15, 0.2) is 0 Å². The number of rotatable bonds is 3. The van der Waals surface area contributed by atoms with Crippen LogP contribution in [-0.4, -0.2) is 60.0 Å². The second-order valence-electron chi connectivity index (χ2n) is 6.20. The van der Waals surface area contributed by atoms with Crippen LogP contribution in [0, 0.1) is 0 Å². The molecule has 0 atom stereocenters. The molecule has 3 rings (SSSR count). The fourth-order valence-electron chi connectivity index (χ4n) is 3.01. The maximum Gasteiger partial charge on any atom is 0.405 e. The van der Waals surface area contributed by atoms with Gasteiger partial charge in [-0.25, -0.2) is 0 Å². The summed E-state index contributed by atoms with van der Waals surface area (Å²) in [5.41, 5.74) is 0.989. The number of pyridine rings is 1. The SMILES string of the molecule is CC(=O)N1CCN(c2ccc3ccc(C(=O)NCC(F)(F)F)cn23)CC1. The molecule has 140 valence electrons. The van der Waals surface area contributed by atoms with E-state index in [4.69, 9.17) is 0 Å². The Bertz CT molecular complexity index is 823. The molecule has 0 spiro atoms. The monoisotopic (exact) mass is 368 g/mol. The quantitative estimate of drug-likeness (QED) is 0.900. The van der Waals surface area contributed by atoms with Gasteiger partial charge >= 0.3 is 6.18 Å². The van der Waals surface area contributed by atoms with Crippen molar-refractivity contribution in [3.05, 3.63) is 36.0 Å². The van der Waals surface area contributed by atoms with Crippen LogP contribution < -0.4 is 10.2 Å². The highest BCUT2D eigenvalue weighted by Crippen LogP contribution is 2.22. The van der Waals surface area contributed by atoms with Crippen LogP contribution in [0.3, 0.4) is 0 Å². The number of nitrogens with one attached hydrogen (secondary N) is 1. The van der Waals surface area contributed by atoms with E-state index in [1.807, 2.05) is 17.4 Å². The number of nitrogens with zero attached hydrogens (tertiary/aromatic N) is 3. The molecule has 0 aliphatic carbocycles. The summed E-state index contributed by atoms with van der Waals surface area (Å²) in [7, 11) is 0. The summed E-state index contributed by atoms with van der Waals surface area (Å²) in [6.07, 6.45) is -2.91. The molecule has 0 saturated carbocycles. The van der Waals surface area contributed by atoms with Gasteiger partial charge in [0, 0.05) is 44.8 Å². The van der Waals surface area contributed by atoms with Gasteiger partial charge in [-0.1, -0.05) is 0 Å². The highest BCUT2D eigenvalue weighted by Gasteiger charge is 2.28. The Morgan fingerprint density at radius 3 is 2.35 bits per heavy atom. The Labute approximate surface area is 148 Å². The fourth-order valence-corrected chi connectivity index (χ4v) is 3.01. The van der Waals surface area contributed by atoms with Crippen molar-refractivity contribution in [3.63, 3.8) is 0 Å². The Hall–Kier alpha value is -2.71. The molecule has 1 aliphatic rings. The summed E-state index contributed by atoms with van der Waals surface area (Å²) < 4.78 is 38.6. The van der Waals surface area contributed by atoms with Gasteiger partial charge in [-0.15, -0.1) is 0 Å². The van der Waals surface area contributed by atoms with Gasteiger partial charge < -0.3 is 19.5 Å². The maximum absolute atomic E-state index is 12.3. The van der Waals surface area contributed by atoms with Crippen LogP contribution in [0.25, 0.3) is 5.52 Å². The zero-order chi connectivity index (χ0) is 18.9. The minimum atomic E-state index is -4.45. The minimum absolute atomic E-state index is 0.0355. The average molecular weight is 368 g/mol. The van der Waals surface area contributed by atoms with E-state index in [0.29, 0.717) is 26.2 Å². The number of halogens is 3. The average Bonchev–Trinajstić information content (AvgIpc) is 3.02. The first-order chi connectivity index (χ1) is 12.2. The molecule has 1 aliphatic heterocycles. The molecular formula is C17H19F3N4O2. The number of carbonyl (C=O) groups excluding carboxylic acids is 2. The van der Waals surface area contributed by atoms with Crippen molar-refractivity contribution in [1.82, 2.24) is 14.6 Å². The van der Waals surface area contributed by atoms with Crippen molar-refractivity contribution in [2.45, 2.75) is 13.1 Å². The number of hydrogen-bond donors (Lipinski definition) is 1. The third-order valence-corrected chi connectivity index (χ3v) is 4.39. The highest BCUT2D eigenvalue weighted by atomic mass is 19.4. The molecule has 26 heavy (non-hydrogen) atoms. The maximum atomic E-state index is 12.3. The van der Waals surface area contributed by atoms with Crippen molar-refractivity contribution in [2.75, 3.05) is 37.6 Å². The van der Waals surface area contributed by atoms with Gasteiger partial charge in [0.25, 0.3) is 5.91 Å². The summed E-state index contributed by atoms with van der Waals surface area (Å²) in [4.78, 5) is 27.3. The standard InChI is InChI=1S/C17H19F3N4O2/c1-12(25)22-6-8-23(9-7-22)15-5-4-14-3-2-13(10-24(14)15)16(26)21-11-17(18,19)20/h2-5,10H,6-9,11H2,1H3,(H,21,26). The molecule has 9 heteroatoms. The second-order valence-corrected chi connectivity index (χ2v) is 6.20. The van der Waals surface area contributed by atoms with Crippen LogP contribution in [0.15, 0.2) is 30.5 Å². The minimum Gasteiger partial charge on any atom is -0.354 e. The predicted molar refractivity (Wildman–Crippen MR) is 90.3 cm³/mol. The van der Waals surface area contributed by atoms with Gasteiger partial charge in [-0.05, 0) is 24.3 Å². The number of anilines is 1. The molecule has 0 bridgehead atoms. The number of amides is 2. The van der Waals surface area contributed by atoms with Crippen molar-refractivity contribution < 1.29 is 22.8 Å². The summed E-state index contributed by atoms with van der Waals surface area (Å²) >= 11 is 0. The lowest BCUT2D eigenvalue weighted by atomic mass is 10.2. The summed E-state index contributed by atoms with van der Waals surface area (Å²) in [6, 6.07) is 6.97. The number of carbonyl (C=O) groups is 2. The summed E-state index contributed by atoms with van der Waals surface area (Å²) in [5.74, 6) is 0.104. The van der Waals surface area contributed by atoms with Crippen LogP contribution >= 0.6 is 0 Å². The van der Waals surface area contributed by atoms with E-state index in [0.717, 1.165) is 11.3 Å². The molecular weight excluding hydrogens is 349 g/mol. The lowest BCUT2D eigenvalue weighted by molar-refractivity contribution is -0.129. The van der Waals surface area contributed by atoms with Crippen molar-refractivity contribution >= 4 is 23.1 Å². The largest absolute Gasteiger partial charge is 0.405 e. The molecule has 0 unspecified atom stereocenters. The molecule has 0 radical (unpaired) electrons. The smallest absolute Gasteiger partial charge is 0.354 e. The molecule has 0 aromatic carbocycles. The van der Waals surface area contributed by atoms with Crippen LogP contribution in [0.4, 0.5) is 19.0 Å². The molecule has 1 fully saturated rings. The predicted octanol–water partition coefficient (Wildman–Crippen LogP) is 1.90. The van der Waals surface area contributed by atoms with Gasteiger partial charge in [-0.2, -0.15) is 13.2 Å². The number of piperazine rings is 1. The van der Waals surface area contributed by atoms with Crippen molar-refractivity contribution in [3.8, 4) is 0 Å². The first-order valence-electron chi connectivity index (χ1n) is 8.21. The van der Waals surface area contributed by atoms with E-state index in [1.165, 1.54) is 19.2 Å². The first kappa shape index (κ1) is 18.1. The Morgan fingerprint density at radius 2 is 1.73 bits per heavy atom. The van der Waals surface area contributed by atoms with Crippen molar-refractivity contribution in [2.24, 2.45) is 0 Å². The van der Waals surface area contributed by atoms with E-state index in [2.05, 4.69) is 4.90 Å². The molecule has 2 amide bonds. The molecule has 1 N–H and O–H groups in total. The third kappa shape index (κ3) is 3.92. The number of hydrogen-bond acceptors (Lipinski definition) is 3. The van der Waals surface area contributed by atoms with E-state index < -0.39 is 18.6 Å². The fraction of sp³-hybridized carbons (Fsp3) is 0.412. The van der Waals surface area contributed by atoms with Crippen LogP contribution in [0.5, 0.6) is 0 Å². The first-order valence-corrected chi connectivity index (χ1v) is 8.21.